The Morgan fingerprint density at radius 1 is 1.16 bits per heavy atom. The fraction of sp³-hybridized carbons (Fsp3) is 0.368. The monoisotopic (exact) mass is 340 g/mol. The molecule has 0 aromatic carbocycles. The van der Waals surface area contributed by atoms with Crippen LogP contribution in [0.25, 0.3) is 22.3 Å². The molecule has 3 N–H and O–H groups in total. The van der Waals surface area contributed by atoms with Crippen LogP contribution >= 0.6 is 0 Å². The Morgan fingerprint density at radius 3 is 2.60 bits per heavy atom. The third-order valence-corrected chi connectivity index (χ3v) is 5.43. The van der Waals surface area contributed by atoms with Gasteiger partial charge in [0.05, 0.1) is 16.7 Å². The van der Waals surface area contributed by atoms with E-state index in [2.05, 4.69) is 20.3 Å². The maximum Gasteiger partial charge on any atom is 0.150 e. The van der Waals surface area contributed by atoms with Gasteiger partial charge in [0.2, 0.25) is 0 Å². The lowest BCUT2D eigenvalue weighted by Gasteiger charge is -2.43. The van der Waals surface area contributed by atoms with Crippen molar-refractivity contribution in [1.82, 2.24) is 20.3 Å². The number of fused-ring (bicyclic) bond motifs is 1. The number of aromatic amines is 1. The molecule has 1 aliphatic heterocycles. The van der Waals surface area contributed by atoms with E-state index in [-0.39, 0.29) is 17.7 Å². The lowest BCUT2D eigenvalue weighted by molar-refractivity contribution is -0.0809. The number of aliphatic hydroxyl groups is 1. The van der Waals surface area contributed by atoms with E-state index in [1.54, 1.807) is 18.5 Å². The van der Waals surface area contributed by atoms with Crippen LogP contribution in [0.1, 0.15) is 19.4 Å². The second kappa shape index (κ2) is 5.89. The molecule has 0 amide bonds. The van der Waals surface area contributed by atoms with Gasteiger partial charge in [0, 0.05) is 54.6 Å². The van der Waals surface area contributed by atoms with Crippen LogP contribution in [-0.2, 0) is 5.60 Å². The van der Waals surface area contributed by atoms with Crippen molar-refractivity contribution in [3.05, 3.63) is 48.2 Å². The largest absolute Gasteiger partial charge is 0.384 e. The summed E-state index contributed by atoms with van der Waals surface area (Å²) in [5.41, 5.74) is 1.74. The highest BCUT2D eigenvalue weighted by Gasteiger charge is 2.43. The second-order valence-corrected chi connectivity index (χ2v) is 6.94. The van der Waals surface area contributed by atoms with Gasteiger partial charge in [-0.1, -0.05) is 19.9 Å². The summed E-state index contributed by atoms with van der Waals surface area (Å²) in [5.74, 6) is -0.180. The van der Waals surface area contributed by atoms with E-state index in [1.165, 1.54) is 6.20 Å². The third-order valence-electron chi connectivity index (χ3n) is 5.43. The topological polar surface area (TPSA) is 73.8 Å². The Hall–Kier alpha value is -2.31. The molecule has 1 fully saturated rings. The number of rotatable bonds is 2. The molecule has 0 aliphatic carbocycles. The number of pyridine rings is 2. The molecule has 0 radical (unpaired) electrons. The highest BCUT2D eigenvalue weighted by atomic mass is 19.1. The minimum atomic E-state index is -0.913. The molecule has 4 rings (SSSR count). The number of nitrogens with zero attached hydrogens (tertiary/aromatic N) is 2. The van der Waals surface area contributed by atoms with Gasteiger partial charge in [0.15, 0.2) is 5.82 Å². The zero-order valence-corrected chi connectivity index (χ0v) is 14.3. The van der Waals surface area contributed by atoms with Crippen molar-refractivity contribution in [3.8, 4) is 11.3 Å². The van der Waals surface area contributed by atoms with Crippen molar-refractivity contribution in [3.63, 3.8) is 0 Å². The fourth-order valence-electron chi connectivity index (χ4n) is 3.90. The van der Waals surface area contributed by atoms with Crippen LogP contribution in [0.3, 0.4) is 0 Å². The Balaban J connectivity index is 1.76. The zero-order valence-electron chi connectivity index (χ0n) is 14.3. The highest BCUT2D eigenvalue weighted by Crippen LogP contribution is 2.39. The number of piperidine rings is 1. The van der Waals surface area contributed by atoms with Crippen LogP contribution in [0.4, 0.5) is 4.39 Å². The summed E-state index contributed by atoms with van der Waals surface area (Å²) in [6, 6.07) is 5.50. The van der Waals surface area contributed by atoms with Crippen molar-refractivity contribution in [2.24, 2.45) is 11.8 Å². The van der Waals surface area contributed by atoms with Crippen LogP contribution in [0, 0.1) is 17.7 Å². The van der Waals surface area contributed by atoms with Crippen molar-refractivity contribution >= 4 is 11.0 Å². The average Bonchev–Trinajstić information content (AvgIpc) is 3.01. The van der Waals surface area contributed by atoms with E-state index in [0.29, 0.717) is 22.3 Å². The van der Waals surface area contributed by atoms with Gasteiger partial charge in [-0.3, -0.25) is 4.98 Å². The molecule has 6 heteroatoms. The van der Waals surface area contributed by atoms with Gasteiger partial charge in [0.1, 0.15) is 5.65 Å². The number of H-pyrrole nitrogens is 1. The molecule has 130 valence electrons. The van der Waals surface area contributed by atoms with E-state index in [9.17, 15) is 9.50 Å². The molecule has 0 spiro atoms. The predicted octanol–water partition coefficient (Wildman–Crippen LogP) is 2.83. The maximum atomic E-state index is 14.1. The van der Waals surface area contributed by atoms with Crippen LogP contribution < -0.4 is 5.32 Å². The average molecular weight is 340 g/mol. The molecule has 0 saturated carbocycles. The molecular formula is C19H21FN4O. The molecule has 4 heterocycles. The smallest absolute Gasteiger partial charge is 0.150 e. The van der Waals surface area contributed by atoms with Gasteiger partial charge in [-0.05, 0) is 12.1 Å². The van der Waals surface area contributed by atoms with Gasteiger partial charge in [-0.15, -0.1) is 0 Å². The lowest BCUT2D eigenvalue weighted by atomic mass is 9.72. The molecule has 1 saturated heterocycles. The number of halogens is 1. The lowest BCUT2D eigenvalue weighted by Crippen LogP contribution is -2.52. The van der Waals surface area contributed by atoms with Gasteiger partial charge >= 0.3 is 0 Å². The first-order chi connectivity index (χ1) is 12.0. The van der Waals surface area contributed by atoms with Gasteiger partial charge in [-0.2, -0.15) is 0 Å². The number of aromatic nitrogens is 3. The Bertz CT molecular complexity index is 895. The summed E-state index contributed by atoms with van der Waals surface area (Å²) in [7, 11) is 0. The zero-order chi connectivity index (χ0) is 17.6. The second-order valence-electron chi connectivity index (χ2n) is 6.94. The predicted molar refractivity (Wildman–Crippen MR) is 94.4 cm³/mol. The molecule has 3 aromatic rings. The molecular weight excluding hydrogens is 319 g/mol. The molecule has 3 atom stereocenters. The first-order valence-electron chi connectivity index (χ1n) is 8.53. The van der Waals surface area contributed by atoms with Crippen LogP contribution in [0.2, 0.25) is 0 Å². The van der Waals surface area contributed by atoms with E-state index < -0.39 is 5.60 Å². The Morgan fingerprint density at radius 2 is 1.92 bits per heavy atom. The highest BCUT2D eigenvalue weighted by molar-refractivity contribution is 5.92. The van der Waals surface area contributed by atoms with E-state index in [0.717, 1.165) is 18.7 Å². The van der Waals surface area contributed by atoms with Crippen molar-refractivity contribution in [2.75, 3.05) is 13.1 Å². The van der Waals surface area contributed by atoms with Gasteiger partial charge < -0.3 is 15.4 Å². The summed E-state index contributed by atoms with van der Waals surface area (Å²) in [4.78, 5) is 11.5. The minimum Gasteiger partial charge on any atom is -0.384 e. The molecule has 5 nitrogen and oxygen atoms in total. The van der Waals surface area contributed by atoms with Crippen LogP contribution in [-0.4, -0.2) is 33.1 Å². The molecule has 1 aliphatic rings. The van der Waals surface area contributed by atoms with Crippen LogP contribution in [0.15, 0.2) is 36.8 Å². The summed E-state index contributed by atoms with van der Waals surface area (Å²) < 4.78 is 14.1. The van der Waals surface area contributed by atoms with Gasteiger partial charge in [0.25, 0.3) is 0 Å². The summed E-state index contributed by atoms with van der Waals surface area (Å²) >= 11 is 0. The molecule has 1 unspecified atom stereocenters. The minimum absolute atomic E-state index is 0.0821. The van der Waals surface area contributed by atoms with Crippen molar-refractivity contribution in [2.45, 2.75) is 19.4 Å². The summed E-state index contributed by atoms with van der Waals surface area (Å²) in [6.45, 7) is 5.61. The van der Waals surface area contributed by atoms with Crippen LogP contribution in [0.5, 0.6) is 0 Å². The number of hydrogen-bond donors (Lipinski definition) is 3. The van der Waals surface area contributed by atoms with E-state index in [1.807, 2.05) is 26.0 Å². The number of hydrogen-bond acceptors (Lipinski definition) is 4. The fourth-order valence-corrected chi connectivity index (χ4v) is 3.90. The number of nitrogens with one attached hydrogen (secondary N) is 2. The summed E-state index contributed by atoms with van der Waals surface area (Å²) in [5, 5.41) is 15.0. The SMILES string of the molecule is C[C@@H]1CNC[C@H](C)C1(O)c1ccc(-c2ccnc3[nH]cc(F)c23)nc1. The summed E-state index contributed by atoms with van der Waals surface area (Å²) in [6.07, 6.45) is 4.65. The normalized spacial score (nSPS) is 26.9. The molecule has 25 heavy (non-hydrogen) atoms. The first-order valence-corrected chi connectivity index (χ1v) is 8.53. The van der Waals surface area contributed by atoms with Crippen molar-refractivity contribution < 1.29 is 9.50 Å². The van der Waals surface area contributed by atoms with E-state index in [4.69, 9.17) is 0 Å². The molecule has 0 bridgehead atoms. The molecule has 3 aromatic heterocycles. The van der Waals surface area contributed by atoms with E-state index >= 15 is 0 Å². The Labute approximate surface area is 145 Å². The quantitative estimate of drug-likeness (QED) is 0.671. The van der Waals surface area contributed by atoms with Crippen molar-refractivity contribution in [1.29, 1.82) is 0 Å². The maximum absolute atomic E-state index is 14.1. The standard InChI is InChI=1S/C19H21FN4O/c1-11-7-21-8-12(2)19(11,25)13-3-4-16(23-9-13)14-5-6-22-18-17(14)15(20)10-24-18/h3-6,9-12,21,25H,7-8H2,1-2H3,(H,22,24)/t11-,12+,19?. The Kier molecular flexibility index (Phi) is 3.81. The first kappa shape index (κ1) is 16.2. The third kappa shape index (κ3) is 2.44. The van der Waals surface area contributed by atoms with Gasteiger partial charge in [-0.25, -0.2) is 9.37 Å².